The van der Waals surface area contributed by atoms with E-state index in [-0.39, 0.29) is 11.7 Å². The SMILES string of the molecule is O=C(O)N(NCc1ccccc1)[N+](=O)[O-]. The predicted molar refractivity (Wildman–Crippen MR) is 50.1 cm³/mol. The van der Waals surface area contributed by atoms with Crippen molar-refractivity contribution in [3.63, 3.8) is 0 Å². The standard InChI is InChI=1S/C8H9N3O4/c12-8(13)10(11(14)15)9-6-7-4-2-1-3-5-7/h1-5,9H,6H2,(H,12,13). The molecule has 2 N–H and O–H groups in total. The molecular formula is C8H9N3O4. The molecule has 1 aromatic carbocycles. The molecule has 1 rings (SSSR count). The van der Waals surface area contributed by atoms with Crippen LogP contribution in [0.1, 0.15) is 5.56 Å². The largest absolute Gasteiger partial charge is 0.482 e. The van der Waals surface area contributed by atoms with Gasteiger partial charge in [-0.2, -0.15) is 5.43 Å². The second-order valence-corrected chi connectivity index (χ2v) is 2.65. The molecule has 0 bridgehead atoms. The van der Waals surface area contributed by atoms with Crippen LogP contribution in [0.4, 0.5) is 4.79 Å². The molecule has 0 aromatic heterocycles. The van der Waals surface area contributed by atoms with E-state index in [1.807, 2.05) is 0 Å². The van der Waals surface area contributed by atoms with E-state index in [0.29, 0.717) is 0 Å². The molecule has 0 saturated carbocycles. The third kappa shape index (κ3) is 3.24. The van der Waals surface area contributed by atoms with E-state index in [0.717, 1.165) is 5.56 Å². The zero-order valence-electron chi connectivity index (χ0n) is 7.66. The summed E-state index contributed by atoms with van der Waals surface area (Å²) in [5.41, 5.74) is 2.92. The van der Waals surface area contributed by atoms with E-state index in [1.165, 1.54) is 0 Å². The highest BCUT2D eigenvalue weighted by Crippen LogP contribution is 1.98. The van der Waals surface area contributed by atoms with E-state index in [1.54, 1.807) is 30.3 Å². The minimum absolute atomic E-state index is 0.0764. The van der Waals surface area contributed by atoms with Gasteiger partial charge in [0.2, 0.25) is 0 Å². The zero-order valence-corrected chi connectivity index (χ0v) is 7.66. The average Bonchev–Trinajstić information content (AvgIpc) is 2.18. The molecule has 7 nitrogen and oxygen atoms in total. The van der Waals surface area contributed by atoms with E-state index in [4.69, 9.17) is 5.11 Å². The lowest BCUT2D eigenvalue weighted by atomic mass is 10.2. The van der Waals surface area contributed by atoms with E-state index in [9.17, 15) is 14.9 Å². The van der Waals surface area contributed by atoms with Gasteiger partial charge < -0.3 is 5.11 Å². The number of carbonyl (C=O) groups is 1. The Labute approximate surface area is 85.0 Å². The van der Waals surface area contributed by atoms with Crippen molar-refractivity contribution < 1.29 is 14.9 Å². The van der Waals surface area contributed by atoms with Crippen molar-refractivity contribution in [2.45, 2.75) is 6.54 Å². The highest BCUT2D eigenvalue weighted by Gasteiger charge is 2.22. The first kappa shape index (κ1) is 10.9. The molecular weight excluding hydrogens is 202 g/mol. The van der Waals surface area contributed by atoms with Gasteiger partial charge in [-0.3, -0.25) is 0 Å². The smallest absolute Gasteiger partial charge is 0.460 e. The van der Waals surface area contributed by atoms with E-state index in [2.05, 4.69) is 5.43 Å². The number of hydrogen-bond donors (Lipinski definition) is 2. The molecule has 0 saturated heterocycles. The summed E-state index contributed by atoms with van der Waals surface area (Å²) in [6, 6.07) is 8.77. The zero-order chi connectivity index (χ0) is 11.3. The topological polar surface area (TPSA) is 95.7 Å². The molecule has 0 aliphatic heterocycles. The van der Waals surface area contributed by atoms with Crippen molar-refractivity contribution in [3.05, 3.63) is 46.0 Å². The Morgan fingerprint density at radius 1 is 1.47 bits per heavy atom. The quantitative estimate of drug-likeness (QED) is 0.568. The fraction of sp³-hybridized carbons (Fsp3) is 0.125. The van der Waals surface area contributed by atoms with Crippen molar-refractivity contribution in [1.29, 1.82) is 0 Å². The number of nitro groups is 1. The lowest BCUT2D eigenvalue weighted by Gasteiger charge is -2.09. The molecule has 1 aromatic rings. The number of nitrogens with one attached hydrogen (secondary N) is 1. The maximum atomic E-state index is 10.4. The van der Waals surface area contributed by atoms with Crippen LogP contribution < -0.4 is 5.43 Å². The van der Waals surface area contributed by atoms with Gasteiger partial charge in [0.05, 0.1) is 5.12 Å². The molecule has 0 spiro atoms. The predicted octanol–water partition coefficient (Wildman–Crippen LogP) is 0.863. The lowest BCUT2D eigenvalue weighted by molar-refractivity contribution is -0.649. The van der Waals surface area contributed by atoms with Crippen LogP contribution in [-0.2, 0) is 6.54 Å². The van der Waals surface area contributed by atoms with Crippen LogP contribution in [0.2, 0.25) is 0 Å². The highest BCUT2D eigenvalue weighted by molar-refractivity contribution is 5.62. The minimum Gasteiger partial charge on any atom is -0.460 e. The van der Waals surface area contributed by atoms with Crippen molar-refractivity contribution in [1.82, 2.24) is 10.5 Å². The van der Waals surface area contributed by atoms with Gasteiger partial charge in [-0.25, -0.2) is 14.9 Å². The fourth-order valence-corrected chi connectivity index (χ4v) is 0.957. The lowest BCUT2D eigenvalue weighted by Crippen LogP contribution is -2.45. The molecule has 0 heterocycles. The summed E-state index contributed by atoms with van der Waals surface area (Å²) < 4.78 is 0. The van der Waals surface area contributed by atoms with Crippen LogP contribution >= 0.6 is 0 Å². The van der Waals surface area contributed by atoms with Gasteiger partial charge in [-0.15, -0.1) is 0 Å². The first-order valence-electron chi connectivity index (χ1n) is 4.06. The third-order valence-corrected chi connectivity index (χ3v) is 1.62. The van der Waals surface area contributed by atoms with Gasteiger partial charge in [0.15, 0.2) is 5.03 Å². The fourth-order valence-electron chi connectivity index (χ4n) is 0.957. The molecule has 80 valence electrons. The van der Waals surface area contributed by atoms with Gasteiger partial charge in [0.25, 0.3) is 0 Å². The highest BCUT2D eigenvalue weighted by atomic mass is 16.7. The summed E-state index contributed by atoms with van der Waals surface area (Å²) >= 11 is 0. The van der Waals surface area contributed by atoms with Crippen LogP contribution in [0.15, 0.2) is 30.3 Å². The van der Waals surface area contributed by atoms with Crippen molar-refractivity contribution in [3.8, 4) is 0 Å². The summed E-state index contributed by atoms with van der Waals surface area (Å²) in [7, 11) is 0. The number of rotatable bonds is 4. The van der Waals surface area contributed by atoms with Gasteiger partial charge in [-0.05, 0) is 5.56 Å². The van der Waals surface area contributed by atoms with Crippen LogP contribution in [0, 0.1) is 10.1 Å². The Hall–Kier alpha value is -2.15. The molecule has 0 aliphatic carbocycles. The molecule has 1 amide bonds. The summed E-state index contributed by atoms with van der Waals surface area (Å²) in [6.45, 7) is 0.0775. The number of nitrogens with zero attached hydrogens (tertiary/aromatic N) is 2. The number of hydrazine groups is 2. The Kier molecular flexibility index (Phi) is 3.58. The van der Waals surface area contributed by atoms with Crippen LogP contribution in [-0.4, -0.2) is 21.3 Å². The summed E-state index contributed by atoms with van der Waals surface area (Å²) in [5.74, 6) is 0. The van der Waals surface area contributed by atoms with Crippen LogP contribution in [0.25, 0.3) is 0 Å². The monoisotopic (exact) mass is 211 g/mol. The number of hydrogen-bond acceptors (Lipinski definition) is 4. The molecule has 0 unspecified atom stereocenters. The summed E-state index contributed by atoms with van der Waals surface area (Å²) in [6.07, 6.45) is -1.66. The average molecular weight is 211 g/mol. The van der Waals surface area contributed by atoms with Crippen LogP contribution in [0.3, 0.4) is 0 Å². The molecule has 0 fully saturated rings. The van der Waals surface area contributed by atoms with E-state index >= 15 is 0 Å². The first-order chi connectivity index (χ1) is 7.11. The van der Waals surface area contributed by atoms with Crippen molar-refractivity contribution >= 4 is 6.09 Å². The summed E-state index contributed by atoms with van der Waals surface area (Å²) in [5, 5.41) is 17.6. The number of amides is 1. The van der Waals surface area contributed by atoms with Gasteiger partial charge in [0.1, 0.15) is 0 Å². The number of benzene rings is 1. The first-order valence-corrected chi connectivity index (χ1v) is 4.06. The van der Waals surface area contributed by atoms with Crippen molar-refractivity contribution in [2.75, 3.05) is 0 Å². The Bertz CT molecular complexity index is 340. The van der Waals surface area contributed by atoms with Gasteiger partial charge >= 0.3 is 6.09 Å². The van der Waals surface area contributed by atoms with Gasteiger partial charge in [-0.1, -0.05) is 30.3 Å². The minimum atomic E-state index is -1.66. The summed E-state index contributed by atoms with van der Waals surface area (Å²) in [4.78, 5) is 20.6. The Balaban J connectivity index is 2.55. The molecule has 15 heavy (non-hydrogen) atoms. The van der Waals surface area contributed by atoms with Crippen LogP contribution in [0.5, 0.6) is 0 Å². The van der Waals surface area contributed by atoms with Gasteiger partial charge in [0, 0.05) is 6.54 Å². The third-order valence-electron chi connectivity index (χ3n) is 1.62. The second kappa shape index (κ2) is 4.91. The number of carboxylic acid groups (broad SMARTS) is 1. The van der Waals surface area contributed by atoms with Crippen molar-refractivity contribution in [2.24, 2.45) is 0 Å². The van der Waals surface area contributed by atoms with E-state index < -0.39 is 11.1 Å². The Morgan fingerprint density at radius 2 is 2.07 bits per heavy atom. The maximum Gasteiger partial charge on any atom is 0.482 e. The molecule has 0 atom stereocenters. The second-order valence-electron chi connectivity index (χ2n) is 2.65. The normalized spacial score (nSPS) is 9.60. The maximum absolute atomic E-state index is 10.4. The molecule has 7 heteroatoms. The molecule has 0 aliphatic rings. The Morgan fingerprint density at radius 3 is 2.53 bits per heavy atom. The molecule has 0 radical (unpaired) electrons.